The highest BCUT2D eigenvalue weighted by Gasteiger charge is 2.15. The lowest BCUT2D eigenvalue weighted by molar-refractivity contribution is 0.0600. The lowest BCUT2D eigenvalue weighted by Gasteiger charge is -2.23. The minimum absolute atomic E-state index is 0.166. The summed E-state index contributed by atoms with van der Waals surface area (Å²) in [5, 5.41) is 0.477. The van der Waals surface area contributed by atoms with Gasteiger partial charge in [-0.3, -0.25) is 9.88 Å². The van der Waals surface area contributed by atoms with Crippen LogP contribution in [-0.4, -0.2) is 44.5 Å². The number of esters is 1. The summed E-state index contributed by atoms with van der Waals surface area (Å²) in [7, 11) is -2.29. The monoisotopic (exact) mass is 473 g/mol. The van der Waals surface area contributed by atoms with E-state index in [1.807, 2.05) is 24.3 Å². The van der Waals surface area contributed by atoms with Gasteiger partial charge in [-0.25, -0.2) is 17.9 Å². The van der Waals surface area contributed by atoms with Gasteiger partial charge in [-0.15, -0.1) is 0 Å². The predicted molar refractivity (Wildman–Crippen MR) is 123 cm³/mol. The molecular weight excluding hydrogens is 450 g/mol. The zero-order valence-corrected chi connectivity index (χ0v) is 19.1. The van der Waals surface area contributed by atoms with Crippen LogP contribution < -0.4 is 4.72 Å². The molecule has 32 heavy (non-hydrogen) atoms. The molecule has 0 aliphatic heterocycles. The van der Waals surface area contributed by atoms with E-state index in [9.17, 15) is 13.2 Å². The van der Waals surface area contributed by atoms with Crippen LogP contribution >= 0.6 is 11.6 Å². The Kier molecular flexibility index (Phi) is 8.35. The molecular formula is C23H24ClN3O4S. The maximum absolute atomic E-state index is 12.5. The third kappa shape index (κ3) is 6.86. The van der Waals surface area contributed by atoms with E-state index in [1.54, 1.807) is 36.7 Å². The topological polar surface area (TPSA) is 88.6 Å². The van der Waals surface area contributed by atoms with E-state index in [-0.39, 0.29) is 17.4 Å². The van der Waals surface area contributed by atoms with Crippen molar-refractivity contribution in [3.05, 3.63) is 94.8 Å². The average molecular weight is 474 g/mol. The van der Waals surface area contributed by atoms with Gasteiger partial charge in [-0.1, -0.05) is 29.8 Å². The third-order valence-electron chi connectivity index (χ3n) is 4.75. The van der Waals surface area contributed by atoms with Crippen LogP contribution in [0.5, 0.6) is 0 Å². The Hall–Kier alpha value is -2.78. The number of sulfonamides is 1. The molecule has 2 aromatic carbocycles. The highest BCUT2D eigenvalue weighted by atomic mass is 35.5. The molecule has 0 aliphatic carbocycles. The molecule has 0 saturated heterocycles. The summed E-state index contributed by atoms with van der Waals surface area (Å²) in [6, 6.07) is 17.0. The van der Waals surface area contributed by atoms with Crippen LogP contribution in [0.25, 0.3) is 0 Å². The first-order valence-corrected chi connectivity index (χ1v) is 11.8. The van der Waals surface area contributed by atoms with Gasteiger partial charge in [0, 0.05) is 43.6 Å². The van der Waals surface area contributed by atoms with Crippen LogP contribution in [0.15, 0.2) is 78.0 Å². The van der Waals surface area contributed by atoms with Crippen LogP contribution in [0.3, 0.4) is 0 Å². The second-order valence-corrected chi connectivity index (χ2v) is 9.32. The molecule has 0 unspecified atom stereocenters. The first-order chi connectivity index (χ1) is 15.4. The van der Waals surface area contributed by atoms with Crippen molar-refractivity contribution in [2.75, 3.05) is 20.2 Å². The van der Waals surface area contributed by atoms with Crippen molar-refractivity contribution in [2.45, 2.75) is 18.0 Å². The van der Waals surface area contributed by atoms with Crippen LogP contribution in [0.4, 0.5) is 0 Å². The van der Waals surface area contributed by atoms with Crippen molar-refractivity contribution in [1.29, 1.82) is 0 Å². The summed E-state index contributed by atoms with van der Waals surface area (Å²) in [6.07, 6.45) is 3.49. The Morgan fingerprint density at radius 2 is 1.72 bits per heavy atom. The largest absolute Gasteiger partial charge is 0.465 e. The van der Waals surface area contributed by atoms with Crippen molar-refractivity contribution in [2.24, 2.45) is 0 Å². The molecule has 0 amide bonds. The van der Waals surface area contributed by atoms with Gasteiger partial charge in [-0.05, 0) is 53.6 Å². The van der Waals surface area contributed by atoms with Crippen molar-refractivity contribution in [3.8, 4) is 0 Å². The molecule has 7 nitrogen and oxygen atoms in total. The Bertz CT molecular complexity index is 1120. The maximum Gasteiger partial charge on any atom is 0.337 e. The normalized spacial score (nSPS) is 11.5. The van der Waals surface area contributed by atoms with Gasteiger partial charge in [0.2, 0.25) is 10.0 Å². The van der Waals surface area contributed by atoms with Gasteiger partial charge < -0.3 is 4.74 Å². The second kappa shape index (κ2) is 11.2. The summed E-state index contributed by atoms with van der Waals surface area (Å²) >= 11 is 5.84. The number of nitrogens with one attached hydrogen (secondary N) is 1. The summed E-state index contributed by atoms with van der Waals surface area (Å²) in [5.74, 6) is -0.389. The van der Waals surface area contributed by atoms with Gasteiger partial charge in [0.1, 0.15) is 0 Å². The number of hydrogen-bond donors (Lipinski definition) is 1. The van der Waals surface area contributed by atoms with Crippen molar-refractivity contribution < 1.29 is 17.9 Å². The molecule has 0 radical (unpaired) electrons. The molecule has 9 heteroatoms. The van der Waals surface area contributed by atoms with Crippen LogP contribution in [-0.2, 0) is 27.8 Å². The number of ether oxygens (including phenoxy) is 1. The maximum atomic E-state index is 12.5. The zero-order chi connectivity index (χ0) is 23.0. The van der Waals surface area contributed by atoms with E-state index >= 15 is 0 Å². The van der Waals surface area contributed by atoms with E-state index in [0.29, 0.717) is 30.2 Å². The van der Waals surface area contributed by atoms with E-state index in [4.69, 9.17) is 16.3 Å². The number of aromatic nitrogens is 1. The lowest BCUT2D eigenvalue weighted by atomic mass is 10.1. The van der Waals surface area contributed by atoms with Gasteiger partial charge in [-0.2, -0.15) is 0 Å². The molecule has 1 aromatic heterocycles. The third-order valence-corrected chi connectivity index (χ3v) is 6.48. The number of methoxy groups -OCH3 is 1. The summed E-state index contributed by atoms with van der Waals surface area (Å²) in [6.45, 7) is 1.86. The van der Waals surface area contributed by atoms with Gasteiger partial charge in [0.25, 0.3) is 0 Å². The molecule has 0 atom stereocenters. The van der Waals surface area contributed by atoms with E-state index in [0.717, 1.165) is 11.1 Å². The zero-order valence-electron chi connectivity index (χ0n) is 17.6. The van der Waals surface area contributed by atoms with E-state index in [1.165, 1.54) is 19.2 Å². The van der Waals surface area contributed by atoms with E-state index < -0.39 is 10.0 Å². The average Bonchev–Trinajstić information content (AvgIpc) is 2.80. The van der Waals surface area contributed by atoms with Crippen LogP contribution in [0.2, 0.25) is 5.02 Å². The van der Waals surface area contributed by atoms with Crippen molar-refractivity contribution in [1.82, 2.24) is 14.6 Å². The summed E-state index contributed by atoms with van der Waals surface area (Å²) < 4.78 is 32.5. The molecule has 0 saturated carbocycles. The van der Waals surface area contributed by atoms with Gasteiger partial charge in [0.15, 0.2) is 0 Å². The fraction of sp³-hybridized carbons (Fsp3) is 0.217. The number of nitrogens with zero attached hydrogens (tertiary/aromatic N) is 2. The quantitative estimate of drug-likeness (QED) is 0.453. The molecule has 3 rings (SSSR count). The highest BCUT2D eigenvalue weighted by molar-refractivity contribution is 7.89. The van der Waals surface area contributed by atoms with Crippen molar-refractivity contribution >= 4 is 27.6 Å². The molecule has 1 N–H and O–H groups in total. The number of rotatable bonds is 10. The summed E-state index contributed by atoms with van der Waals surface area (Å²) in [5.41, 5.74) is 2.48. The second-order valence-electron chi connectivity index (χ2n) is 7.11. The minimum Gasteiger partial charge on any atom is -0.465 e. The standard InChI is InChI=1S/C23H24ClN3O4S/c1-31-23(28)20-6-4-18(5-7-20)16-27(17-19-3-2-12-25-15-19)14-13-26-32(29,30)22-10-8-21(24)9-11-22/h2-12,15,26H,13-14,16-17H2,1H3. The molecule has 3 aromatic rings. The number of hydrogen-bond acceptors (Lipinski definition) is 6. The SMILES string of the molecule is COC(=O)c1ccc(CN(CCNS(=O)(=O)c2ccc(Cl)cc2)Cc2cccnc2)cc1. The van der Waals surface area contributed by atoms with Crippen molar-refractivity contribution in [3.63, 3.8) is 0 Å². The molecule has 0 fully saturated rings. The molecule has 0 aliphatic rings. The Morgan fingerprint density at radius 3 is 2.34 bits per heavy atom. The van der Waals surface area contributed by atoms with Gasteiger partial charge in [0.05, 0.1) is 17.6 Å². The first kappa shape index (κ1) is 23.9. The van der Waals surface area contributed by atoms with Crippen LogP contribution in [0.1, 0.15) is 21.5 Å². The van der Waals surface area contributed by atoms with E-state index in [2.05, 4.69) is 14.6 Å². The Labute approximate surface area is 193 Å². The highest BCUT2D eigenvalue weighted by Crippen LogP contribution is 2.14. The Balaban J connectivity index is 1.67. The molecule has 0 bridgehead atoms. The number of pyridine rings is 1. The minimum atomic E-state index is -3.64. The number of carbonyl (C=O) groups is 1. The molecule has 168 valence electrons. The lowest BCUT2D eigenvalue weighted by Crippen LogP contribution is -2.34. The fourth-order valence-corrected chi connectivity index (χ4v) is 4.27. The Morgan fingerprint density at radius 1 is 1.03 bits per heavy atom. The summed E-state index contributed by atoms with van der Waals surface area (Å²) in [4.78, 5) is 18.1. The first-order valence-electron chi connectivity index (χ1n) is 9.91. The van der Waals surface area contributed by atoms with Gasteiger partial charge >= 0.3 is 5.97 Å². The van der Waals surface area contributed by atoms with Crippen LogP contribution in [0, 0.1) is 0 Å². The molecule has 0 spiro atoms. The smallest absolute Gasteiger partial charge is 0.337 e. The number of carbonyl (C=O) groups excluding carboxylic acids is 1. The number of halogens is 1. The molecule has 1 heterocycles. The number of benzene rings is 2. The predicted octanol–water partition coefficient (Wildman–Crippen LogP) is 3.50. The fourth-order valence-electron chi connectivity index (χ4n) is 3.12.